The van der Waals surface area contributed by atoms with Gasteiger partial charge in [-0.15, -0.1) is 10.2 Å². The molecular weight excluding hydrogens is 236 g/mol. The lowest BCUT2D eigenvalue weighted by atomic mass is 10.1. The fraction of sp³-hybridized carbons (Fsp3) is 0.727. The SMILES string of the molecule is CN(C(=O)Nc1nncs1)C1CCCCCC1. The van der Waals surface area contributed by atoms with E-state index < -0.39 is 0 Å². The van der Waals surface area contributed by atoms with Crippen LogP contribution in [-0.4, -0.2) is 34.2 Å². The Bertz CT molecular complexity index is 346. The second-order valence-corrected chi connectivity index (χ2v) is 5.26. The Balaban J connectivity index is 1.89. The summed E-state index contributed by atoms with van der Waals surface area (Å²) in [5, 5.41) is 10.8. The molecule has 0 aliphatic heterocycles. The summed E-state index contributed by atoms with van der Waals surface area (Å²) < 4.78 is 0. The maximum Gasteiger partial charge on any atom is 0.323 e. The summed E-state index contributed by atoms with van der Waals surface area (Å²) in [6, 6.07) is 0.291. The van der Waals surface area contributed by atoms with E-state index >= 15 is 0 Å². The Morgan fingerprint density at radius 3 is 2.71 bits per heavy atom. The zero-order chi connectivity index (χ0) is 12.1. The molecule has 94 valence electrons. The van der Waals surface area contributed by atoms with Crippen LogP contribution < -0.4 is 5.32 Å². The number of aromatic nitrogens is 2. The average molecular weight is 254 g/mol. The van der Waals surface area contributed by atoms with Crippen LogP contribution in [-0.2, 0) is 0 Å². The molecule has 0 bridgehead atoms. The Labute approximate surface area is 105 Å². The lowest BCUT2D eigenvalue weighted by molar-refractivity contribution is 0.197. The van der Waals surface area contributed by atoms with Crippen LogP contribution in [0.4, 0.5) is 9.93 Å². The molecule has 1 N–H and O–H groups in total. The van der Waals surface area contributed by atoms with Crippen molar-refractivity contribution in [1.29, 1.82) is 0 Å². The summed E-state index contributed by atoms with van der Waals surface area (Å²) in [7, 11) is 1.87. The molecule has 1 heterocycles. The summed E-state index contributed by atoms with van der Waals surface area (Å²) in [5.74, 6) is 0. The van der Waals surface area contributed by atoms with Crippen LogP contribution >= 0.6 is 11.3 Å². The van der Waals surface area contributed by atoms with E-state index in [-0.39, 0.29) is 6.03 Å². The number of carbonyl (C=O) groups is 1. The zero-order valence-corrected chi connectivity index (χ0v) is 10.9. The molecule has 1 aromatic heterocycles. The van der Waals surface area contributed by atoms with Crippen LogP contribution in [0.5, 0.6) is 0 Å². The molecule has 2 amide bonds. The first kappa shape index (κ1) is 12.3. The molecule has 1 aliphatic rings. The zero-order valence-electron chi connectivity index (χ0n) is 10.1. The fourth-order valence-corrected chi connectivity index (χ4v) is 2.65. The summed E-state index contributed by atoms with van der Waals surface area (Å²) in [6.45, 7) is 0. The van der Waals surface area contributed by atoms with Gasteiger partial charge >= 0.3 is 6.03 Å². The van der Waals surface area contributed by atoms with Crippen molar-refractivity contribution < 1.29 is 4.79 Å². The van der Waals surface area contributed by atoms with Crippen LogP contribution in [0.15, 0.2) is 5.51 Å². The summed E-state index contributed by atoms with van der Waals surface area (Å²) in [6.07, 6.45) is 7.26. The van der Waals surface area contributed by atoms with E-state index in [9.17, 15) is 4.79 Å². The lowest BCUT2D eigenvalue weighted by Gasteiger charge is -2.26. The third kappa shape index (κ3) is 3.39. The second-order valence-electron chi connectivity index (χ2n) is 4.43. The van der Waals surface area contributed by atoms with E-state index in [0.29, 0.717) is 11.2 Å². The maximum absolute atomic E-state index is 12.0. The Hall–Kier alpha value is -1.17. The van der Waals surface area contributed by atoms with Crippen molar-refractivity contribution in [1.82, 2.24) is 15.1 Å². The van der Waals surface area contributed by atoms with E-state index in [4.69, 9.17) is 0 Å². The van der Waals surface area contributed by atoms with Gasteiger partial charge in [-0.25, -0.2) is 4.79 Å². The highest BCUT2D eigenvalue weighted by atomic mass is 32.1. The predicted molar refractivity (Wildman–Crippen MR) is 68.2 cm³/mol. The van der Waals surface area contributed by atoms with E-state index in [0.717, 1.165) is 12.8 Å². The Morgan fingerprint density at radius 2 is 2.12 bits per heavy atom. The molecule has 6 heteroatoms. The van der Waals surface area contributed by atoms with Gasteiger partial charge in [0, 0.05) is 13.1 Å². The number of anilines is 1. The Kier molecular flexibility index (Phi) is 4.30. The topological polar surface area (TPSA) is 58.1 Å². The summed E-state index contributed by atoms with van der Waals surface area (Å²) in [4.78, 5) is 13.8. The number of amides is 2. The van der Waals surface area contributed by atoms with Crippen LogP contribution in [0.2, 0.25) is 0 Å². The lowest BCUT2D eigenvalue weighted by Crippen LogP contribution is -2.39. The number of nitrogens with one attached hydrogen (secondary N) is 1. The number of nitrogens with zero attached hydrogens (tertiary/aromatic N) is 3. The molecule has 17 heavy (non-hydrogen) atoms. The molecule has 0 saturated heterocycles. The van der Waals surface area contributed by atoms with Gasteiger partial charge < -0.3 is 4.90 Å². The van der Waals surface area contributed by atoms with Gasteiger partial charge in [0.25, 0.3) is 0 Å². The first-order valence-electron chi connectivity index (χ1n) is 6.07. The largest absolute Gasteiger partial charge is 0.325 e. The average Bonchev–Trinajstić information content (AvgIpc) is 2.68. The van der Waals surface area contributed by atoms with E-state index in [1.165, 1.54) is 37.0 Å². The molecule has 1 saturated carbocycles. The molecular formula is C11H18N4OS. The van der Waals surface area contributed by atoms with Crippen LogP contribution in [0, 0.1) is 0 Å². The molecule has 5 nitrogen and oxygen atoms in total. The molecule has 0 unspecified atom stereocenters. The minimum Gasteiger partial charge on any atom is -0.325 e. The third-order valence-electron chi connectivity index (χ3n) is 3.27. The van der Waals surface area contributed by atoms with E-state index in [2.05, 4.69) is 15.5 Å². The number of hydrogen-bond donors (Lipinski definition) is 1. The predicted octanol–water partition coefficient (Wildman–Crippen LogP) is 2.72. The number of urea groups is 1. The van der Waals surface area contributed by atoms with Gasteiger partial charge in [-0.05, 0) is 12.8 Å². The highest BCUT2D eigenvalue weighted by Gasteiger charge is 2.21. The van der Waals surface area contributed by atoms with Crippen LogP contribution in [0.25, 0.3) is 0 Å². The van der Waals surface area contributed by atoms with Gasteiger partial charge in [0.2, 0.25) is 5.13 Å². The maximum atomic E-state index is 12.0. The molecule has 0 aromatic carbocycles. The fourth-order valence-electron chi connectivity index (χ4n) is 2.22. The van der Waals surface area contributed by atoms with Crippen LogP contribution in [0.3, 0.4) is 0 Å². The van der Waals surface area contributed by atoms with Crippen molar-refractivity contribution in [3.05, 3.63) is 5.51 Å². The van der Waals surface area contributed by atoms with Crippen molar-refractivity contribution in [2.45, 2.75) is 44.6 Å². The van der Waals surface area contributed by atoms with Crippen molar-refractivity contribution in [2.75, 3.05) is 12.4 Å². The van der Waals surface area contributed by atoms with Gasteiger partial charge in [-0.2, -0.15) is 0 Å². The van der Waals surface area contributed by atoms with Gasteiger partial charge in [-0.3, -0.25) is 5.32 Å². The van der Waals surface area contributed by atoms with Gasteiger partial charge in [-0.1, -0.05) is 37.0 Å². The van der Waals surface area contributed by atoms with Crippen LogP contribution in [0.1, 0.15) is 38.5 Å². The summed E-state index contributed by atoms with van der Waals surface area (Å²) >= 11 is 1.34. The van der Waals surface area contributed by atoms with Crippen molar-refractivity contribution in [2.24, 2.45) is 0 Å². The third-order valence-corrected chi connectivity index (χ3v) is 3.87. The molecule has 1 aliphatic carbocycles. The first-order valence-corrected chi connectivity index (χ1v) is 6.95. The highest BCUT2D eigenvalue weighted by molar-refractivity contribution is 7.13. The van der Waals surface area contributed by atoms with Gasteiger partial charge in [0.05, 0.1) is 0 Å². The first-order chi connectivity index (χ1) is 8.27. The normalized spacial score (nSPS) is 17.5. The van der Waals surface area contributed by atoms with Gasteiger partial charge in [0.1, 0.15) is 5.51 Å². The van der Waals surface area contributed by atoms with Crippen molar-refractivity contribution in [3.63, 3.8) is 0 Å². The minimum atomic E-state index is -0.0753. The molecule has 1 fully saturated rings. The Morgan fingerprint density at radius 1 is 1.41 bits per heavy atom. The quantitative estimate of drug-likeness (QED) is 0.825. The molecule has 0 spiro atoms. The standard InChI is InChI=1S/C11H18N4OS/c1-15(9-6-4-2-3-5-7-9)11(16)13-10-14-12-8-17-10/h8-9H,2-7H2,1H3,(H,13,14,16). The molecule has 0 atom stereocenters. The number of rotatable bonds is 2. The number of carbonyl (C=O) groups excluding carboxylic acids is 1. The second kappa shape index (κ2) is 5.95. The molecule has 0 radical (unpaired) electrons. The van der Waals surface area contributed by atoms with Crippen molar-refractivity contribution in [3.8, 4) is 0 Å². The molecule has 2 rings (SSSR count). The van der Waals surface area contributed by atoms with Gasteiger partial charge in [0.15, 0.2) is 0 Å². The smallest absolute Gasteiger partial charge is 0.323 e. The van der Waals surface area contributed by atoms with E-state index in [1.807, 2.05) is 11.9 Å². The van der Waals surface area contributed by atoms with Crippen molar-refractivity contribution >= 4 is 22.5 Å². The van der Waals surface area contributed by atoms with E-state index in [1.54, 1.807) is 5.51 Å². The number of hydrogen-bond acceptors (Lipinski definition) is 4. The summed E-state index contributed by atoms with van der Waals surface area (Å²) in [5.41, 5.74) is 1.61. The highest BCUT2D eigenvalue weighted by Crippen LogP contribution is 2.21. The monoisotopic (exact) mass is 254 g/mol. The minimum absolute atomic E-state index is 0.0753. The molecule has 1 aromatic rings.